The maximum Gasteiger partial charge on any atom is 0.356 e. The minimum Gasteiger partial charge on any atom is -0.334 e. The molecule has 2 aromatic rings. The number of rotatable bonds is 10. The van der Waals surface area contributed by atoms with Gasteiger partial charge in [0.05, 0.1) is 21.5 Å². The molecule has 11 nitrogen and oxygen atoms in total. The minimum atomic E-state index is -3.90. The highest BCUT2D eigenvalue weighted by molar-refractivity contribution is 7.54. The smallest absolute Gasteiger partial charge is 0.334 e. The molecule has 0 bridgehead atoms. The van der Waals surface area contributed by atoms with Gasteiger partial charge in [0.25, 0.3) is 17.3 Å². The molecule has 0 unspecified atom stereocenters. The summed E-state index contributed by atoms with van der Waals surface area (Å²) in [6.07, 6.45) is 2.31. The molecule has 0 aromatic heterocycles. The average Bonchev–Trinajstić information content (AvgIpc) is 2.77. The zero-order valence-corrected chi connectivity index (χ0v) is 17.6. The van der Waals surface area contributed by atoms with Gasteiger partial charge in [0, 0.05) is 26.4 Å². The first-order valence-corrected chi connectivity index (χ1v) is 10.4. The van der Waals surface area contributed by atoms with Gasteiger partial charge in [-0.05, 0) is 17.5 Å². The standard InChI is InChI=1S/C19H20N3O8P/c1-4-5-13-6-8-14(9-7-13)19(31(28,29-2)30-3)20-18(23)15-10-16(21(24)25)12-17(11-15)22(26)27/h4,6-12,19H,1,5H2,2-3H3,(H,20,23)/t19-/m1/s1. The number of nitrogens with one attached hydrogen (secondary N) is 1. The first-order valence-electron chi connectivity index (χ1n) is 8.80. The van der Waals surface area contributed by atoms with E-state index in [1.807, 2.05) is 0 Å². The van der Waals surface area contributed by atoms with Crippen LogP contribution in [0.4, 0.5) is 11.4 Å². The van der Waals surface area contributed by atoms with E-state index in [0.717, 1.165) is 38.0 Å². The molecule has 0 spiro atoms. The van der Waals surface area contributed by atoms with Crippen LogP contribution in [-0.2, 0) is 20.0 Å². The van der Waals surface area contributed by atoms with Crippen LogP contribution in [0.5, 0.6) is 0 Å². The predicted molar refractivity (Wildman–Crippen MR) is 112 cm³/mol. The van der Waals surface area contributed by atoms with E-state index in [2.05, 4.69) is 11.9 Å². The lowest BCUT2D eigenvalue weighted by atomic mass is 10.1. The number of allylic oxidation sites excluding steroid dienone is 1. The SMILES string of the molecule is C=CCc1ccc([C@H](NC(=O)c2cc([N+](=O)[O-])cc([N+](=O)[O-])c2)P(=O)(OC)OC)cc1. The van der Waals surface area contributed by atoms with Gasteiger partial charge in [-0.1, -0.05) is 30.3 Å². The molecule has 0 heterocycles. The largest absolute Gasteiger partial charge is 0.356 e. The van der Waals surface area contributed by atoms with Crippen LogP contribution in [-0.4, -0.2) is 30.0 Å². The lowest BCUT2D eigenvalue weighted by Gasteiger charge is -2.25. The molecular weight excluding hydrogens is 429 g/mol. The van der Waals surface area contributed by atoms with E-state index in [1.54, 1.807) is 30.3 Å². The molecule has 12 heteroatoms. The predicted octanol–water partition coefficient (Wildman–Crippen LogP) is 4.15. The lowest BCUT2D eigenvalue weighted by molar-refractivity contribution is -0.394. The quantitative estimate of drug-likeness (QED) is 0.246. The third kappa shape index (κ3) is 5.60. The van der Waals surface area contributed by atoms with Crippen LogP contribution in [0, 0.1) is 20.2 Å². The Morgan fingerprint density at radius 3 is 2.03 bits per heavy atom. The summed E-state index contributed by atoms with van der Waals surface area (Å²) in [5, 5.41) is 24.6. The molecule has 0 saturated carbocycles. The Morgan fingerprint density at radius 2 is 1.61 bits per heavy atom. The third-order valence-corrected chi connectivity index (χ3v) is 6.43. The number of benzene rings is 2. The summed E-state index contributed by atoms with van der Waals surface area (Å²) in [5.74, 6) is -2.20. The van der Waals surface area contributed by atoms with Gasteiger partial charge in [-0.15, -0.1) is 6.58 Å². The molecule has 0 fully saturated rings. The van der Waals surface area contributed by atoms with Crippen LogP contribution in [0.1, 0.15) is 27.3 Å². The van der Waals surface area contributed by atoms with E-state index in [0.29, 0.717) is 12.0 Å². The zero-order valence-electron chi connectivity index (χ0n) is 16.7. The second kappa shape index (κ2) is 10.1. The molecular formula is C19H20N3O8P. The van der Waals surface area contributed by atoms with Crippen molar-refractivity contribution in [3.8, 4) is 0 Å². The summed E-state index contributed by atoms with van der Waals surface area (Å²) >= 11 is 0. The maximum absolute atomic E-state index is 13.1. The molecule has 1 atom stereocenters. The third-order valence-electron chi connectivity index (χ3n) is 4.35. The number of non-ortho nitro benzene ring substituents is 2. The van der Waals surface area contributed by atoms with Gasteiger partial charge in [0.15, 0.2) is 5.78 Å². The normalized spacial score (nSPS) is 12.1. The summed E-state index contributed by atoms with van der Waals surface area (Å²) in [5.41, 5.74) is -0.318. The van der Waals surface area contributed by atoms with E-state index in [1.165, 1.54) is 0 Å². The second-order valence-electron chi connectivity index (χ2n) is 6.27. The van der Waals surface area contributed by atoms with Crippen molar-refractivity contribution in [1.82, 2.24) is 5.32 Å². The van der Waals surface area contributed by atoms with Crippen molar-refractivity contribution >= 4 is 24.9 Å². The maximum atomic E-state index is 13.1. The number of hydrogen-bond acceptors (Lipinski definition) is 8. The van der Waals surface area contributed by atoms with Crippen molar-refractivity contribution in [1.29, 1.82) is 0 Å². The number of carbonyl (C=O) groups is 1. The van der Waals surface area contributed by atoms with Gasteiger partial charge >= 0.3 is 7.60 Å². The Morgan fingerprint density at radius 1 is 1.10 bits per heavy atom. The summed E-state index contributed by atoms with van der Waals surface area (Å²) in [7, 11) is -1.61. The molecule has 31 heavy (non-hydrogen) atoms. The van der Waals surface area contributed by atoms with Gasteiger partial charge in [0.2, 0.25) is 0 Å². The average molecular weight is 449 g/mol. The Hall–Kier alpha value is -3.40. The highest BCUT2D eigenvalue weighted by atomic mass is 31.2. The zero-order chi connectivity index (χ0) is 23.2. The Bertz CT molecular complexity index is 1010. The van der Waals surface area contributed by atoms with E-state index >= 15 is 0 Å². The first kappa shape index (κ1) is 23.9. The fraction of sp³-hybridized carbons (Fsp3) is 0.211. The van der Waals surface area contributed by atoms with Crippen LogP contribution in [0.15, 0.2) is 55.1 Å². The molecule has 2 aromatic carbocycles. The van der Waals surface area contributed by atoms with Gasteiger partial charge in [-0.25, -0.2) is 0 Å². The number of carbonyl (C=O) groups excluding carboxylic acids is 1. The summed E-state index contributed by atoms with van der Waals surface area (Å²) in [4.78, 5) is 33.3. The van der Waals surface area contributed by atoms with E-state index < -0.39 is 40.5 Å². The minimum absolute atomic E-state index is 0.354. The Balaban J connectivity index is 2.48. The van der Waals surface area contributed by atoms with Crippen LogP contribution in [0.25, 0.3) is 0 Å². The summed E-state index contributed by atoms with van der Waals surface area (Å²) < 4.78 is 23.1. The molecule has 0 aliphatic rings. The summed E-state index contributed by atoms with van der Waals surface area (Å²) in [6, 6.07) is 9.22. The Labute approximate surface area is 177 Å². The van der Waals surface area contributed by atoms with Gasteiger partial charge in [-0.3, -0.25) is 29.6 Å². The van der Waals surface area contributed by atoms with E-state index in [9.17, 15) is 29.6 Å². The first-order chi connectivity index (χ1) is 14.6. The number of nitro benzene ring substituents is 2. The van der Waals surface area contributed by atoms with Crippen molar-refractivity contribution in [3.05, 3.63) is 92.0 Å². The number of nitrogens with zero attached hydrogens (tertiary/aromatic N) is 2. The number of nitro groups is 2. The number of amides is 1. The molecule has 0 radical (unpaired) electrons. The van der Waals surface area contributed by atoms with Gasteiger partial charge in [0.1, 0.15) is 0 Å². The van der Waals surface area contributed by atoms with Crippen molar-refractivity contribution in [2.24, 2.45) is 0 Å². The lowest BCUT2D eigenvalue weighted by Crippen LogP contribution is -2.29. The monoisotopic (exact) mass is 449 g/mol. The van der Waals surface area contributed by atoms with Crippen LogP contribution in [0.3, 0.4) is 0 Å². The summed E-state index contributed by atoms with van der Waals surface area (Å²) in [6.45, 7) is 3.65. The fourth-order valence-corrected chi connectivity index (χ4v) is 4.16. The molecule has 2 rings (SSSR count). The van der Waals surface area contributed by atoms with Gasteiger partial charge in [-0.2, -0.15) is 0 Å². The highest BCUT2D eigenvalue weighted by Crippen LogP contribution is 2.58. The van der Waals surface area contributed by atoms with Crippen molar-refractivity contribution < 1.29 is 28.3 Å². The molecule has 0 aliphatic heterocycles. The topological polar surface area (TPSA) is 151 Å². The van der Waals surface area contributed by atoms with Crippen molar-refractivity contribution in [2.45, 2.75) is 12.2 Å². The van der Waals surface area contributed by atoms with Gasteiger partial charge < -0.3 is 14.4 Å². The second-order valence-corrected chi connectivity index (χ2v) is 8.59. The van der Waals surface area contributed by atoms with Crippen molar-refractivity contribution in [3.63, 3.8) is 0 Å². The molecule has 0 aliphatic carbocycles. The van der Waals surface area contributed by atoms with E-state index in [4.69, 9.17) is 9.05 Å². The van der Waals surface area contributed by atoms with Crippen LogP contribution < -0.4 is 5.32 Å². The molecule has 164 valence electrons. The van der Waals surface area contributed by atoms with Crippen LogP contribution >= 0.6 is 7.60 Å². The fourth-order valence-electron chi connectivity index (χ4n) is 2.78. The molecule has 0 saturated heterocycles. The van der Waals surface area contributed by atoms with Crippen LogP contribution in [0.2, 0.25) is 0 Å². The Kier molecular flexibility index (Phi) is 7.76. The molecule has 1 amide bonds. The van der Waals surface area contributed by atoms with Crippen molar-refractivity contribution in [2.75, 3.05) is 14.2 Å². The van der Waals surface area contributed by atoms with E-state index in [-0.39, 0.29) is 5.56 Å². The highest BCUT2D eigenvalue weighted by Gasteiger charge is 2.37. The molecule has 1 N–H and O–H groups in total. The number of hydrogen-bond donors (Lipinski definition) is 1.